The summed E-state index contributed by atoms with van der Waals surface area (Å²) in [4.78, 5) is 12.1. The molecule has 2 atom stereocenters. The molecule has 0 spiro atoms. The number of hydrogen-bond acceptors (Lipinski definition) is 1. The maximum Gasteiger partial charge on any atom is 0.223 e. The molecule has 0 aromatic heterocycles. The minimum absolute atomic E-state index is 0.189. The van der Waals surface area contributed by atoms with E-state index in [9.17, 15) is 4.79 Å². The molecule has 2 nitrogen and oxygen atoms in total. The van der Waals surface area contributed by atoms with Crippen LogP contribution in [-0.2, 0) is 4.79 Å². The highest BCUT2D eigenvalue weighted by molar-refractivity contribution is 6.17. The first kappa shape index (κ1) is 13.0. The largest absolute Gasteiger partial charge is 0.355 e. The monoisotopic (exact) mass is 277 g/mol. The van der Waals surface area contributed by atoms with E-state index >= 15 is 0 Å². The molecule has 2 fully saturated rings. The van der Waals surface area contributed by atoms with Crippen LogP contribution in [0.5, 0.6) is 0 Å². The first-order valence-corrected chi connectivity index (χ1v) is 7.66. The molecule has 3 rings (SSSR count). The van der Waals surface area contributed by atoms with E-state index in [2.05, 4.69) is 17.4 Å². The molecule has 1 N–H and O–H groups in total. The van der Waals surface area contributed by atoms with E-state index in [1.807, 2.05) is 18.2 Å². The SMILES string of the molecule is O=C(NCC1(CCCl)CC1)C1CC1c1ccccc1. The Hall–Kier alpha value is -1.02. The molecular weight excluding hydrogens is 258 g/mol. The molecular formula is C16H20ClNO. The lowest BCUT2D eigenvalue weighted by Gasteiger charge is -2.14. The summed E-state index contributed by atoms with van der Waals surface area (Å²) in [5, 5.41) is 3.13. The molecule has 0 heterocycles. The van der Waals surface area contributed by atoms with Crippen LogP contribution >= 0.6 is 11.6 Å². The lowest BCUT2D eigenvalue weighted by molar-refractivity contribution is -0.122. The summed E-state index contributed by atoms with van der Waals surface area (Å²) >= 11 is 5.81. The van der Waals surface area contributed by atoms with Crippen LogP contribution < -0.4 is 5.32 Å². The number of nitrogens with one attached hydrogen (secondary N) is 1. The molecule has 1 aromatic rings. The van der Waals surface area contributed by atoms with Crippen molar-refractivity contribution in [2.45, 2.75) is 31.6 Å². The van der Waals surface area contributed by atoms with Gasteiger partial charge in [0, 0.05) is 18.3 Å². The van der Waals surface area contributed by atoms with Crippen LogP contribution in [-0.4, -0.2) is 18.3 Å². The van der Waals surface area contributed by atoms with Gasteiger partial charge < -0.3 is 5.32 Å². The van der Waals surface area contributed by atoms with Crippen LogP contribution in [0.4, 0.5) is 0 Å². The fourth-order valence-corrected chi connectivity index (χ4v) is 3.25. The van der Waals surface area contributed by atoms with Crippen LogP contribution in [0.3, 0.4) is 0 Å². The Bertz CT molecular complexity index is 455. The van der Waals surface area contributed by atoms with Gasteiger partial charge in [0.15, 0.2) is 0 Å². The molecule has 0 saturated heterocycles. The van der Waals surface area contributed by atoms with Gasteiger partial charge >= 0.3 is 0 Å². The van der Waals surface area contributed by atoms with E-state index in [-0.39, 0.29) is 11.8 Å². The van der Waals surface area contributed by atoms with Crippen molar-refractivity contribution < 1.29 is 4.79 Å². The lowest BCUT2D eigenvalue weighted by atomic mass is 10.0. The zero-order valence-electron chi connectivity index (χ0n) is 11.1. The number of alkyl halides is 1. The zero-order chi connectivity index (χ0) is 13.3. The van der Waals surface area contributed by atoms with Crippen LogP contribution in [0.1, 0.15) is 37.2 Å². The number of rotatable bonds is 6. The van der Waals surface area contributed by atoms with Gasteiger partial charge in [0.1, 0.15) is 0 Å². The van der Waals surface area contributed by atoms with Crippen molar-refractivity contribution in [3.63, 3.8) is 0 Å². The van der Waals surface area contributed by atoms with Gasteiger partial charge in [0.25, 0.3) is 0 Å². The van der Waals surface area contributed by atoms with E-state index in [1.165, 1.54) is 18.4 Å². The first-order valence-electron chi connectivity index (χ1n) is 7.13. The van der Waals surface area contributed by atoms with Crippen LogP contribution in [0.15, 0.2) is 30.3 Å². The molecule has 2 aliphatic carbocycles. The number of carbonyl (C=O) groups is 1. The third-order valence-electron chi connectivity index (χ3n) is 4.57. The van der Waals surface area contributed by atoms with Crippen molar-refractivity contribution in [3.8, 4) is 0 Å². The Labute approximate surface area is 119 Å². The smallest absolute Gasteiger partial charge is 0.223 e. The molecule has 0 bridgehead atoms. The minimum Gasteiger partial charge on any atom is -0.355 e. The third kappa shape index (κ3) is 2.94. The Kier molecular flexibility index (Phi) is 3.53. The standard InChI is InChI=1S/C16H20ClNO/c17-9-8-16(6-7-16)11-18-15(19)14-10-13(14)12-4-2-1-3-5-12/h1-5,13-14H,6-11H2,(H,18,19). The third-order valence-corrected chi connectivity index (χ3v) is 4.76. The van der Waals surface area contributed by atoms with E-state index in [4.69, 9.17) is 11.6 Å². The maximum absolute atomic E-state index is 12.1. The van der Waals surface area contributed by atoms with E-state index in [1.54, 1.807) is 0 Å². The van der Waals surface area contributed by atoms with Gasteiger partial charge in [-0.1, -0.05) is 30.3 Å². The van der Waals surface area contributed by atoms with Gasteiger partial charge in [0.05, 0.1) is 0 Å². The fourth-order valence-electron chi connectivity index (χ4n) is 2.85. The van der Waals surface area contributed by atoms with Crippen LogP contribution in [0.2, 0.25) is 0 Å². The molecule has 0 aliphatic heterocycles. The molecule has 19 heavy (non-hydrogen) atoms. The van der Waals surface area contributed by atoms with Crippen LogP contribution in [0, 0.1) is 11.3 Å². The molecule has 2 aliphatic rings. The Balaban J connectivity index is 1.48. The van der Waals surface area contributed by atoms with Gasteiger partial charge in [-0.05, 0) is 42.6 Å². The Morgan fingerprint density at radius 3 is 2.68 bits per heavy atom. The molecule has 2 unspecified atom stereocenters. The first-order chi connectivity index (χ1) is 9.24. The zero-order valence-corrected chi connectivity index (χ0v) is 11.8. The second-order valence-corrected chi connectivity index (χ2v) is 6.39. The summed E-state index contributed by atoms with van der Waals surface area (Å²) in [6.07, 6.45) is 4.46. The summed E-state index contributed by atoms with van der Waals surface area (Å²) in [6, 6.07) is 10.3. The normalized spacial score (nSPS) is 26.8. The van der Waals surface area contributed by atoms with Crippen molar-refractivity contribution in [1.29, 1.82) is 0 Å². The van der Waals surface area contributed by atoms with E-state index < -0.39 is 0 Å². The van der Waals surface area contributed by atoms with E-state index in [0.29, 0.717) is 17.2 Å². The molecule has 102 valence electrons. The Morgan fingerprint density at radius 2 is 2.05 bits per heavy atom. The molecule has 3 heteroatoms. The number of hydrogen-bond donors (Lipinski definition) is 1. The molecule has 0 radical (unpaired) electrons. The van der Waals surface area contributed by atoms with Gasteiger partial charge in [-0.25, -0.2) is 0 Å². The van der Waals surface area contributed by atoms with Gasteiger partial charge in [-0.15, -0.1) is 11.6 Å². The summed E-state index contributed by atoms with van der Waals surface area (Å²) in [7, 11) is 0. The molecule has 2 saturated carbocycles. The highest BCUT2D eigenvalue weighted by Gasteiger charge is 2.46. The lowest BCUT2D eigenvalue weighted by Crippen LogP contribution is -2.31. The number of benzene rings is 1. The average molecular weight is 278 g/mol. The fraction of sp³-hybridized carbons (Fsp3) is 0.562. The van der Waals surface area contributed by atoms with Gasteiger partial charge in [-0.2, -0.15) is 0 Å². The second kappa shape index (κ2) is 5.16. The maximum atomic E-state index is 12.1. The Morgan fingerprint density at radius 1 is 1.32 bits per heavy atom. The van der Waals surface area contributed by atoms with Crippen molar-refractivity contribution in [2.75, 3.05) is 12.4 Å². The predicted molar refractivity (Wildman–Crippen MR) is 77.3 cm³/mol. The summed E-state index contributed by atoms with van der Waals surface area (Å²) in [5.74, 6) is 1.56. The summed E-state index contributed by atoms with van der Waals surface area (Å²) < 4.78 is 0. The molecule has 1 amide bonds. The number of halogens is 1. The number of carbonyl (C=O) groups excluding carboxylic acids is 1. The highest BCUT2D eigenvalue weighted by atomic mass is 35.5. The van der Waals surface area contributed by atoms with Crippen LogP contribution in [0.25, 0.3) is 0 Å². The summed E-state index contributed by atoms with van der Waals surface area (Å²) in [5.41, 5.74) is 1.62. The van der Waals surface area contributed by atoms with Gasteiger partial charge in [0.2, 0.25) is 5.91 Å². The predicted octanol–water partition coefficient (Wildman–Crippen LogP) is 3.32. The molecule has 1 aromatic carbocycles. The van der Waals surface area contributed by atoms with Crippen molar-refractivity contribution in [3.05, 3.63) is 35.9 Å². The summed E-state index contributed by atoms with van der Waals surface area (Å²) in [6.45, 7) is 0.816. The minimum atomic E-state index is 0.189. The average Bonchev–Trinajstić information content (AvgIpc) is 3.33. The quantitative estimate of drug-likeness (QED) is 0.794. The number of amides is 1. The van der Waals surface area contributed by atoms with E-state index in [0.717, 1.165) is 19.4 Å². The van der Waals surface area contributed by atoms with Gasteiger partial charge in [-0.3, -0.25) is 4.79 Å². The van der Waals surface area contributed by atoms with Crippen molar-refractivity contribution in [1.82, 2.24) is 5.32 Å². The topological polar surface area (TPSA) is 29.1 Å². The van der Waals surface area contributed by atoms with Crippen molar-refractivity contribution >= 4 is 17.5 Å². The highest BCUT2D eigenvalue weighted by Crippen LogP contribution is 2.50. The second-order valence-electron chi connectivity index (χ2n) is 6.02. The van der Waals surface area contributed by atoms with Crippen molar-refractivity contribution in [2.24, 2.45) is 11.3 Å².